The molecule has 5 amide bonds. The van der Waals surface area contributed by atoms with E-state index in [1.807, 2.05) is 0 Å². The van der Waals surface area contributed by atoms with Gasteiger partial charge in [-0.05, 0) is 18.9 Å². The number of rotatable bonds is 6. The number of amides is 5. The minimum atomic E-state index is -1.18. The summed E-state index contributed by atoms with van der Waals surface area (Å²) in [5.74, 6) is -0.123. The van der Waals surface area contributed by atoms with Crippen LogP contribution in [-0.2, 0) is 19.9 Å². The molecule has 0 saturated carbocycles. The van der Waals surface area contributed by atoms with E-state index in [2.05, 4.69) is 10.6 Å². The second-order valence-electron chi connectivity index (χ2n) is 7.51. The number of likely N-dealkylation sites (tertiary alicyclic amines) is 1. The lowest BCUT2D eigenvalue weighted by Gasteiger charge is -2.33. The number of imide groups is 1. The third kappa shape index (κ3) is 3.52. The van der Waals surface area contributed by atoms with Gasteiger partial charge < -0.3 is 20.3 Å². The van der Waals surface area contributed by atoms with Crippen LogP contribution in [0.25, 0.3) is 0 Å². The fraction of sp³-hybridized carbons (Fsp3) is 0.500. The Labute approximate surface area is 168 Å². The zero-order chi connectivity index (χ0) is 20.4. The number of benzene rings is 1. The van der Waals surface area contributed by atoms with E-state index in [0.29, 0.717) is 50.3 Å². The summed E-state index contributed by atoms with van der Waals surface area (Å²) in [6.07, 6.45) is 2.42. The molecule has 1 aromatic rings. The normalized spacial score (nSPS) is 23.2. The second kappa shape index (κ2) is 7.73. The van der Waals surface area contributed by atoms with E-state index in [1.54, 1.807) is 29.2 Å². The average Bonchev–Trinajstić information content (AvgIpc) is 3.22. The number of nitrogens with one attached hydrogen (secondary N) is 2. The number of carbonyl (C=O) groups is 4. The summed E-state index contributed by atoms with van der Waals surface area (Å²) in [4.78, 5) is 52.2. The van der Waals surface area contributed by atoms with Gasteiger partial charge in [0, 0.05) is 38.0 Å². The first-order valence-corrected chi connectivity index (χ1v) is 9.92. The van der Waals surface area contributed by atoms with Crippen molar-refractivity contribution in [3.63, 3.8) is 0 Å². The van der Waals surface area contributed by atoms with Crippen LogP contribution in [0.2, 0.25) is 0 Å². The Kier molecular flexibility index (Phi) is 5.12. The zero-order valence-electron chi connectivity index (χ0n) is 16.1. The van der Waals surface area contributed by atoms with Gasteiger partial charge in [-0.15, -0.1) is 0 Å². The van der Waals surface area contributed by atoms with E-state index in [1.165, 1.54) is 0 Å². The second-order valence-corrected chi connectivity index (χ2v) is 7.51. The lowest BCUT2D eigenvalue weighted by Crippen LogP contribution is -2.48. The SMILES string of the molecule is O=C(CN1C(=O)NC2(CCOc3ccccc32)C1=O)NCCCN1CCCC1=O. The number of urea groups is 1. The minimum absolute atomic E-state index is 0.151. The van der Waals surface area contributed by atoms with Crippen molar-refractivity contribution in [1.82, 2.24) is 20.4 Å². The van der Waals surface area contributed by atoms with Gasteiger partial charge >= 0.3 is 6.03 Å². The number of hydrogen-bond acceptors (Lipinski definition) is 5. The summed E-state index contributed by atoms with van der Waals surface area (Å²) in [7, 11) is 0. The Morgan fingerprint density at radius 1 is 1.24 bits per heavy atom. The third-order valence-electron chi connectivity index (χ3n) is 5.66. The fourth-order valence-corrected chi connectivity index (χ4v) is 4.15. The molecule has 0 bridgehead atoms. The highest BCUT2D eigenvalue weighted by molar-refractivity contribution is 6.09. The molecule has 154 valence electrons. The Morgan fingerprint density at radius 2 is 2.07 bits per heavy atom. The molecule has 4 rings (SSSR count). The van der Waals surface area contributed by atoms with E-state index in [0.717, 1.165) is 17.9 Å². The molecule has 1 spiro atoms. The smallest absolute Gasteiger partial charge is 0.325 e. The van der Waals surface area contributed by atoms with Crippen molar-refractivity contribution in [3.05, 3.63) is 29.8 Å². The van der Waals surface area contributed by atoms with E-state index in [9.17, 15) is 19.2 Å². The standard InChI is InChI=1S/C20H24N4O5/c25-16(21-9-4-11-23-10-3-7-17(23)26)13-24-18(27)20(22-19(24)28)8-12-29-15-6-2-1-5-14(15)20/h1-2,5-6H,3-4,7-13H2,(H,21,25)(H,22,28). The maximum atomic E-state index is 13.1. The van der Waals surface area contributed by atoms with Crippen LogP contribution in [-0.4, -0.2) is 66.3 Å². The third-order valence-corrected chi connectivity index (χ3v) is 5.66. The van der Waals surface area contributed by atoms with Crippen LogP contribution in [0.1, 0.15) is 31.2 Å². The fourth-order valence-electron chi connectivity index (χ4n) is 4.15. The highest BCUT2D eigenvalue weighted by Gasteiger charge is 2.55. The van der Waals surface area contributed by atoms with Crippen molar-refractivity contribution < 1.29 is 23.9 Å². The predicted octanol–water partition coefficient (Wildman–Crippen LogP) is 0.345. The predicted molar refractivity (Wildman–Crippen MR) is 102 cm³/mol. The summed E-state index contributed by atoms with van der Waals surface area (Å²) in [6, 6.07) is 6.53. The molecule has 3 heterocycles. The molecular weight excluding hydrogens is 376 g/mol. The Bertz CT molecular complexity index is 857. The number of para-hydroxylation sites is 1. The molecule has 9 nitrogen and oxygen atoms in total. The van der Waals surface area contributed by atoms with Crippen LogP contribution >= 0.6 is 0 Å². The van der Waals surface area contributed by atoms with Crippen molar-refractivity contribution in [3.8, 4) is 5.75 Å². The van der Waals surface area contributed by atoms with Crippen LogP contribution < -0.4 is 15.4 Å². The maximum absolute atomic E-state index is 13.1. The van der Waals surface area contributed by atoms with Crippen molar-refractivity contribution >= 4 is 23.8 Å². The molecule has 1 unspecified atom stereocenters. The first-order valence-electron chi connectivity index (χ1n) is 9.92. The van der Waals surface area contributed by atoms with Gasteiger partial charge in [-0.1, -0.05) is 18.2 Å². The summed E-state index contributed by atoms with van der Waals surface area (Å²) < 4.78 is 5.60. The van der Waals surface area contributed by atoms with Crippen LogP contribution in [0, 0.1) is 0 Å². The van der Waals surface area contributed by atoms with Gasteiger partial charge in [-0.3, -0.25) is 19.3 Å². The topological polar surface area (TPSA) is 108 Å². The molecule has 9 heteroatoms. The Balaban J connectivity index is 1.34. The van der Waals surface area contributed by atoms with E-state index < -0.39 is 23.4 Å². The first kappa shape index (κ1) is 19.2. The van der Waals surface area contributed by atoms with Gasteiger partial charge in [-0.2, -0.15) is 0 Å². The maximum Gasteiger partial charge on any atom is 0.325 e. The molecule has 0 radical (unpaired) electrons. The molecule has 2 fully saturated rings. The summed E-state index contributed by atoms with van der Waals surface area (Å²) in [5, 5.41) is 5.50. The first-order chi connectivity index (χ1) is 14.0. The average molecular weight is 400 g/mol. The zero-order valence-corrected chi connectivity index (χ0v) is 16.1. The summed E-state index contributed by atoms with van der Waals surface area (Å²) in [6.45, 7) is 1.72. The number of ether oxygens (including phenoxy) is 1. The van der Waals surface area contributed by atoms with Crippen molar-refractivity contribution in [2.45, 2.75) is 31.2 Å². The lowest BCUT2D eigenvalue weighted by atomic mass is 9.84. The molecule has 2 N–H and O–H groups in total. The number of carbonyl (C=O) groups excluding carboxylic acids is 4. The number of hydrogen-bond donors (Lipinski definition) is 2. The molecule has 0 aliphatic carbocycles. The number of nitrogens with zero attached hydrogens (tertiary/aromatic N) is 2. The highest BCUT2D eigenvalue weighted by atomic mass is 16.5. The molecule has 2 saturated heterocycles. The van der Waals surface area contributed by atoms with E-state index in [-0.39, 0.29) is 12.5 Å². The number of fused-ring (bicyclic) bond motifs is 2. The van der Waals surface area contributed by atoms with Crippen LogP contribution in [0.5, 0.6) is 5.75 Å². The van der Waals surface area contributed by atoms with Crippen molar-refractivity contribution in [2.24, 2.45) is 0 Å². The summed E-state index contributed by atoms with van der Waals surface area (Å²) in [5.41, 5.74) is -0.565. The van der Waals surface area contributed by atoms with E-state index in [4.69, 9.17) is 4.74 Å². The van der Waals surface area contributed by atoms with Gasteiger partial charge in [0.2, 0.25) is 11.8 Å². The van der Waals surface area contributed by atoms with Gasteiger partial charge in [0.25, 0.3) is 5.91 Å². The van der Waals surface area contributed by atoms with Crippen LogP contribution in [0.15, 0.2) is 24.3 Å². The molecule has 1 aromatic carbocycles. The molecule has 3 aliphatic heterocycles. The molecule has 1 atom stereocenters. The summed E-state index contributed by atoms with van der Waals surface area (Å²) >= 11 is 0. The van der Waals surface area contributed by atoms with Crippen molar-refractivity contribution in [1.29, 1.82) is 0 Å². The van der Waals surface area contributed by atoms with Crippen LogP contribution in [0.4, 0.5) is 4.79 Å². The van der Waals surface area contributed by atoms with E-state index >= 15 is 0 Å². The van der Waals surface area contributed by atoms with Gasteiger partial charge in [0.15, 0.2) is 5.54 Å². The quantitative estimate of drug-likeness (QED) is 0.529. The van der Waals surface area contributed by atoms with Crippen molar-refractivity contribution in [2.75, 3.05) is 32.8 Å². The largest absolute Gasteiger partial charge is 0.493 e. The Hall–Kier alpha value is -3.10. The molecule has 29 heavy (non-hydrogen) atoms. The Morgan fingerprint density at radius 3 is 2.86 bits per heavy atom. The molecular formula is C20H24N4O5. The van der Waals surface area contributed by atoms with Gasteiger partial charge in [0.1, 0.15) is 12.3 Å². The highest BCUT2D eigenvalue weighted by Crippen LogP contribution is 2.40. The molecule has 3 aliphatic rings. The molecule has 0 aromatic heterocycles. The van der Waals surface area contributed by atoms with Crippen LogP contribution in [0.3, 0.4) is 0 Å². The van der Waals surface area contributed by atoms with Gasteiger partial charge in [0.05, 0.1) is 6.61 Å². The monoisotopic (exact) mass is 400 g/mol. The van der Waals surface area contributed by atoms with Gasteiger partial charge in [-0.25, -0.2) is 4.79 Å². The minimum Gasteiger partial charge on any atom is -0.493 e. The lowest BCUT2D eigenvalue weighted by molar-refractivity contribution is -0.136.